The lowest BCUT2D eigenvalue weighted by Crippen LogP contribution is -2.33. The highest BCUT2D eigenvalue weighted by atomic mass is 35.5. The first-order valence-corrected chi connectivity index (χ1v) is 6.84. The molecule has 0 saturated heterocycles. The van der Waals surface area contributed by atoms with Gasteiger partial charge in [0.25, 0.3) is 0 Å². The van der Waals surface area contributed by atoms with Gasteiger partial charge < -0.3 is 15.3 Å². The predicted molar refractivity (Wildman–Crippen MR) is 78.4 cm³/mol. The van der Waals surface area contributed by atoms with Gasteiger partial charge in [0, 0.05) is 19.1 Å². The molecule has 1 rings (SSSR count). The Bertz CT molecular complexity index is 369. The molecule has 18 heavy (non-hydrogen) atoms. The Morgan fingerprint density at radius 1 is 1.39 bits per heavy atom. The SMILES string of the molecule is CCNCc1ccc(N(CCO)C(C)C)c(Cl)c1. The van der Waals surface area contributed by atoms with E-state index >= 15 is 0 Å². The van der Waals surface area contributed by atoms with Gasteiger partial charge in [-0.25, -0.2) is 0 Å². The zero-order valence-electron chi connectivity index (χ0n) is 11.4. The van der Waals surface area contributed by atoms with Gasteiger partial charge in [0.15, 0.2) is 0 Å². The van der Waals surface area contributed by atoms with Crippen molar-refractivity contribution in [3.8, 4) is 0 Å². The molecule has 102 valence electrons. The van der Waals surface area contributed by atoms with E-state index in [1.807, 2.05) is 12.1 Å². The molecule has 0 aliphatic heterocycles. The molecular weight excluding hydrogens is 248 g/mol. The fraction of sp³-hybridized carbons (Fsp3) is 0.571. The van der Waals surface area contributed by atoms with Crippen LogP contribution in [0.4, 0.5) is 5.69 Å². The van der Waals surface area contributed by atoms with Crippen LogP contribution in [0.25, 0.3) is 0 Å². The highest BCUT2D eigenvalue weighted by Gasteiger charge is 2.13. The van der Waals surface area contributed by atoms with E-state index in [0.717, 1.165) is 23.8 Å². The molecule has 3 nitrogen and oxygen atoms in total. The van der Waals surface area contributed by atoms with Gasteiger partial charge in [-0.1, -0.05) is 24.6 Å². The maximum atomic E-state index is 9.11. The molecule has 0 radical (unpaired) electrons. The van der Waals surface area contributed by atoms with Crippen molar-refractivity contribution in [2.75, 3.05) is 24.6 Å². The molecule has 0 aliphatic carbocycles. The van der Waals surface area contributed by atoms with Crippen LogP contribution in [0.15, 0.2) is 18.2 Å². The van der Waals surface area contributed by atoms with Crippen LogP contribution in [0.3, 0.4) is 0 Å². The van der Waals surface area contributed by atoms with Gasteiger partial charge in [0.1, 0.15) is 0 Å². The van der Waals surface area contributed by atoms with Crippen LogP contribution in [0.1, 0.15) is 26.3 Å². The number of benzene rings is 1. The van der Waals surface area contributed by atoms with E-state index in [4.69, 9.17) is 16.7 Å². The monoisotopic (exact) mass is 270 g/mol. The molecule has 0 fully saturated rings. The van der Waals surface area contributed by atoms with Crippen molar-refractivity contribution in [3.05, 3.63) is 28.8 Å². The van der Waals surface area contributed by atoms with Crippen molar-refractivity contribution >= 4 is 17.3 Å². The average Bonchev–Trinajstić information content (AvgIpc) is 2.34. The number of hydrogen-bond donors (Lipinski definition) is 2. The Morgan fingerprint density at radius 2 is 2.11 bits per heavy atom. The summed E-state index contributed by atoms with van der Waals surface area (Å²) in [5, 5.41) is 13.1. The minimum Gasteiger partial charge on any atom is -0.395 e. The van der Waals surface area contributed by atoms with E-state index in [0.29, 0.717) is 12.6 Å². The molecule has 2 N–H and O–H groups in total. The van der Waals surface area contributed by atoms with E-state index in [2.05, 4.69) is 37.1 Å². The lowest BCUT2D eigenvalue weighted by Gasteiger charge is -2.29. The summed E-state index contributed by atoms with van der Waals surface area (Å²) in [5.41, 5.74) is 2.17. The number of nitrogens with one attached hydrogen (secondary N) is 1. The number of nitrogens with zero attached hydrogens (tertiary/aromatic N) is 1. The summed E-state index contributed by atoms with van der Waals surface area (Å²) in [5.74, 6) is 0. The summed E-state index contributed by atoms with van der Waals surface area (Å²) in [6.07, 6.45) is 0. The summed E-state index contributed by atoms with van der Waals surface area (Å²) < 4.78 is 0. The van der Waals surface area contributed by atoms with Crippen LogP contribution in [-0.4, -0.2) is 30.8 Å². The summed E-state index contributed by atoms with van der Waals surface area (Å²) in [6.45, 7) is 8.78. The fourth-order valence-electron chi connectivity index (χ4n) is 1.93. The number of aliphatic hydroxyl groups excluding tert-OH is 1. The molecule has 0 aromatic heterocycles. The van der Waals surface area contributed by atoms with Crippen molar-refractivity contribution in [1.82, 2.24) is 5.32 Å². The van der Waals surface area contributed by atoms with Crippen LogP contribution in [0, 0.1) is 0 Å². The molecule has 0 aliphatic rings. The van der Waals surface area contributed by atoms with Crippen LogP contribution in [0.2, 0.25) is 5.02 Å². The van der Waals surface area contributed by atoms with Gasteiger partial charge in [-0.2, -0.15) is 0 Å². The van der Waals surface area contributed by atoms with E-state index in [1.54, 1.807) is 0 Å². The van der Waals surface area contributed by atoms with Crippen molar-refractivity contribution in [2.45, 2.75) is 33.4 Å². The smallest absolute Gasteiger partial charge is 0.0642 e. The molecule has 1 aromatic rings. The largest absolute Gasteiger partial charge is 0.395 e. The molecule has 0 heterocycles. The second-order valence-electron chi connectivity index (χ2n) is 4.58. The third-order valence-electron chi connectivity index (χ3n) is 2.86. The minimum atomic E-state index is 0.133. The number of hydrogen-bond acceptors (Lipinski definition) is 3. The van der Waals surface area contributed by atoms with Gasteiger partial charge in [-0.3, -0.25) is 0 Å². The van der Waals surface area contributed by atoms with E-state index < -0.39 is 0 Å². The lowest BCUT2D eigenvalue weighted by atomic mass is 10.1. The van der Waals surface area contributed by atoms with Gasteiger partial charge in [-0.15, -0.1) is 0 Å². The predicted octanol–water partition coefficient (Wildman–Crippen LogP) is 2.66. The van der Waals surface area contributed by atoms with Gasteiger partial charge in [0.05, 0.1) is 17.3 Å². The Balaban J connectivity index is 2.88. The molecular formula is C14H23ClN2O. The van der Waals surface area contributed by atoms with Crippen molar-refractivity contribution < 1.29 is 5.11 Å². The molecule has 0 unspecified atom stereocenters. The second kappa shape index (κ2) is 7.62. The van der Waals surface area contributed by atoms with Crippen molar-refractivity contribution in [2.24, 2.45) is 0 Å². The first kappa shape index (κ1) is 15.3. The maximum absolute atomic E-state index is 9.11. The van der Waals surface area contributed by atoms with Crippen LogP contribution >= 0.6 is 11.6 Å². The highest BCUT2D eigenvalue weighted by Crippen LogP contribution is 2.28. The van der Waals surface area contributed by atoms with Gasteiger partial charge >= 0.3 is 0 Å². The lowest BCUT2D eigenvalue weighted by molar-refractivity contribution is 0.299. The number of aliphatic hydroxyl groups is 1. The Hall–Kier alpha value is -0.770. The Labute approximate surface area is 115 Å². The quantitative estimate of drug-likeness (QED) is 0.800. The maximum Gasteiger partial charge on any atom is 0.0642 e. The molecule has 0 spiro atoms. The Kier molecular flexibility index (Phi) is 6.47. The first-order valence-electron chi connectivity index (χ1n) is 6.46. The van der Waals surface area contributed by atoms with Crippen LogP contribution in [0.5, 0.6) is 0 Å². The molecule has 4 heteroatoms. The highest BCUT2D eigenvalue weighted by molar-refractivity contribution is 6.33. The second-order valence-corrected chi connectivity index (χ2v) is 4.98. The normalized spacial score (nSPS) is 11.0. The topological polar surface area (TPSA) is 35.5 Å². The zero-order chi connectivity index (χ0) is 13.5. The third kappa shape index (κ3) is 4.16. The van der Waals surface area contributed by atoms with Gasteiger partial charge in [-0.05, 0) is 38.1 Å². The third-order valence-corrected chi connectivity index (χ3v) is 3.17. The minimum absolute atomic E-state index is 0.133. The number of halogens is 1. The number of rotatable bonds is 7. The Morgan fingerprint density at radius 3 is 2.61 bits per heavy atom. The van der Waals surface area contributed by atoms with Crippen molar-refractivity contribution in [3.63, 3.8) is 0 Å². The first-order chi connectivity index (χ1) is 8.60. The molecule has 1 aromatic carbocycles. The average molecular weight is 271 g/mol. The van der Waals surface area contributed by atoms with Gasteiger partial charge in [0.2, 0.25) is 0 Å². The van der Waals surface area contributed by atoms with Crippen molar-refractivity contribution in [1.29, 1.82) is 0 Å². The molecule has 0 amide bonds. The molecule has 0 atom stereocenters. The van der Waals surface area contributed by atoms with E-state index in [9.17, 15) is 0 Å². The molecule has 0 bridgehead atoms. The zero-order valence-corrected chi connectivity index (χ0v) is 12.2. The summed E-state index contributed by atoms with van der Waals surface area (Å²) in [7, 11) is 0. The summed E-state index contributed by atoms with van der Waals surface area (Å²) >= 11 is 6.33. The fourth-order valence-corrected chi connectivity index (χ4v) is 2.24. The summed E-state index contributed by atoms with van der Waals surface area (Å²) in [4.78, 5) is 2.11. The summed E-state index contributed by atoms with van der Waals surface area (Å²) in [6, 6.07) is 6.42. The van der Waals surface area contributed by atoms with E-state index in [-0.39, 0.29) is 6.61 Å². The molecule has 0 saturated carbocycles. The van der Waals surface area contributed by atoms with E-state index in [1.165, 1.54) is 5.56 Å². The van der Waals surface area contributed by atoms with Crippen LogP contribution < -0.4 is 10.2 Å². The number of anilines is 1. The van der Waals surface area contributed by atoms with Crippen LogP contribution in [-0.2, 0) is 6.54 Å². The standard InChI is InChI=1S/C14H23ClN2O/c1-4-16-10-12-5-6-14(13(15)9-12)17(7-8-18)11(2)3/h5-6,9,11,16,18H,4,7-8,10H2,1-3H3.